The maximum absolute atomic E-state index is 12.2. The highest BCUT2D eigenvalue weighted by atomic mass is 32.2. The molecule has 0 bridgehead atoms. The molecule has 2 saturated heterocycles. The zero-order chi connectivity index (χ0) is 32.9. The van der Waals surface area contributed by atoms with Crippen molar-refractivity contribution in [2.75, 3.05) is 13.7 Å². The minimum atomic E-state index is -4.62. The maximum Gasteiger partial charge on any atom is 0.343 e. The van der Waals surface area contributed by atoms with Gasteiger partial charge in [-0.05, 0) is 38.0 Å². The molecule has 0 spiro atoms. The van der Waals surface area contributed by atoms with Gasteiger partial charge in [0.15, 0.2) is 6.20 Å². The Morgan fingerprint density at radius 3 is 2.49 bits per heavy atom. The van der Waals surface area contributed by atoms with Crippen LogP contribution in [-0.4, -0.2) is 66.4 Å². The SMILES string of the molecule is CC[n+]1cc(C(=O)OC)ccc1/C=C/C=C1\N(CCCCCC(=O)ON2C(=O)CCC2=O)C2C=CC(S(=O)(=O)[O-])=CC2C1(C)C. The van der Waals surface area contributed by atoms with Crippen molar-refractivity contribution in [1.82, 2.24) is 9.96 Å². The van der Waals surface area contributed by atoms with E-state index in [1.807, 2.05) is 49.6 Å². The van der Waals surface area contributed by atoms with Gasteiger partial charge in [-0.25, -0.2) is 18.0 Å². The van der Waals surface area contributed by atoms with E-state index in [2.05, 4.69) is 4.90 Å². The quantitative estimate of drug-likeness (QED) is 0.109. The molecular weight excluding hydrogens is 602 g/mol. The first-order valence-electron chi connectivity index (χ1n) is 15.0. The smallest absolute Gasteiger partial charge is 0.343 e. The van der Waals surface area contributed by atoms with E-state index in [0.717, 1.165) is 11.4 Å². The number of aromatic nitrogens is 1. The van der Waals surface area contributed by atoms with E-state index in [4.69, 9.17) is 9.57 Å². The lowest BCUT2D eigenvalue weighted by Crippen LogP contribution is -2.36. The number of allylic oxidation sites excluding steroid dienone is 4. The Bertz CT molecular complexity index is 1570. The summed E-state index contributed by atoms with van der Waals surface area (Å²) in [7, 11) is -3.29. The van der Waals surface area contributed by atoms with Crippen LogP contribution in [-0.2, 0) is 40.6 Å². The molecule has 1 aromatic rings. The number of likely N-dealkylation sites (tertiary alicyclic amines) is 1. The first kappa shape index (κ1) is 33.8. The molecule has 2 atom stereocenters. The lowest BCUT2D eigenvalue weighted by molar-refractivity contribution is -0.695. The maximum atomic E-state index is 12.2. The van der Waals surface area contributed by atoms with Gasteiger partial charge in [0, 0.05) is 55.0 Å². The van der Waals surface area contributed by atoms with Gasteiger partial charge in [0.2, 0.25) is 5.69 Å². The number of hydroxylamine groups is 2. The van der Waals surface area contributed by atoms with Crippen LogP contribution in [0.25, 0.3) is 6.08 Å². The number of carbonyl (C=O) groups excluding carboxylic acids is 4. The fraction of sp³-hybridized carbons (Fsp3) is 0.469. The summed E-state index contributed by atoms with van der Waals surface area (Å²) in [6.45, 7) is 7.23. The second-order valence-electron chi connectivity index (χ2n) is 11.7. The number of methoxy groups -OCH3 is 1. The molecule has 2 unspecified atom stereocenters. The molecule has 2 aliphatic heterocycles. The van der Waals surface area contributed by atoms with Crippen molar-refractivity contribution in [2.45, 2.75) is 71.9 Å². The fourth-order valence-electron chi connectivity index (χ4n) is 6.02. The molecular formula is C32H39N3O9S. The number of pyridine rings is 1. The fourth-order valence-corrected chi connectivity index (χ4v) is 6.58. The third-order valence-electron chi connectivity index (χ3n) is 8.44. The molecule has 0 N–H and O–H groups in total. The molecule has 3 heterocycles. The molecule has 0 radical (unpaired) electrons. The average molecular weight is 642 g/mol. The van der Waals surface area contributed by atoms with Crippen LogP contribution in [0.15, 0.2) is 59.3 Å². The van der Waals surface area contributed by atoms with E-state index >= 15 is 0 Å². The van der Waals surface area contributed by atoms with E-state index in [9.17, 15) is 32.1 Å². The topological polar surface area (TPSA) is 154 Å². The number of amides is 2. The number of carbonyl (C=O) groups is 4. The van der Waals surface area contributed by atoms with Crippen molar-refractivity contribution < 1.29 is 46.3 Å². The Labute approximate surface area is 263 Å². The van der Waals surface area contributed by atoms with Gasteiger partial charge in [0.05, 0.1) is 18.1 Å². The zero-order valence-electron chi connectivity index (χ0n) is 25.9. The van der Waals surface area contributed by atoms with E-state index < -0.39 is 39.3 Å². The van der Waals surface area contributed by atoms with Gasteiger partial charge in [-0.2, -0.15) is 4.57 Å². The summed E-state index contributed by atoms with van der Waals surface area (Å²) in [5.74, 6) is -2.36. The summed E-state index contributed by atoms with van der Waals surface area (Å²) in [6, 6.07) is 3.35. The number of imide groups is 1. The van der Waals surface area contributed by atoms with E-state index in [1.54, 1.807) is 24.4 Å². The molecule has 3 aliphatic rings. The standard InChI is InChI=1S/C32H39N3O9S/c1-5-33-21-22(31(39)43-4)13-14-23(33)10-9-11-27-32(2,3)25-20-24(45(40,41)42)15-16-26(25)34(27)19-8-6-7-12-30(38)44-35-28(36)17-18-29(35)37/h9-11,13-16,20-21,25-26H,5-8,12,17-19H2,1-4H3. The van der Waals surface area contributed by atoms with Crippen LogP contribution < -0.4 is 4.57 Å². The summed E-state index contributed by atoms with van der Waals surface area (Å²) in [5, 5.41) is 0.550. The second-order valence-corrected chi connectivity index (χ2v) is 13.1. The Kier molecular flexibility index (Phi) is 10.4. The average Bonchev–Trinajstić information content (AvgIpc) is 3.42. The van der Waals surface area contributed by atoms with Gasteiger partial charge in [-0.1, -0.05) is 38.5 Å². The highest BCUT2D eigenvalue weighted by Crippen LogP contribution is 2.51. The first-order chi connectivity index (χ1) is 21.3. The number of nitrogens with zero attached hydrogens (tertiary/aromatic N) is 3. The Morgan fingerprint density at radius 1 is 1.13 bits per heavy atom. The molecule has 12 nitrogen and oxygen atoms in total. The number of esters is 1. The van der Waals surface area contributed by atoms with Crippen LogP contribution in [0.2, 0.25) is 0 Å². The predicted molar refractivity (Wildman–Crippen MR) is 161 cm³/mol. The van der Waals surface area contributed by atoms with E-state index in [-0.39, 0.29) is 36.1 Å². The number of ether oxygens (including phenoxy) is 1. The molecule has 2 amide bonds. The Hall–Kier alpha value is -4.10. The highest BCUT2D eigenvalue weighted by molar-refractivity contribution is 7.89. The van der Waals surface area contributed by atoms with Gasteiger partial charge >= 0.3 is 11.9 Å². The predicted octanol–water partition coefficient (Wildman–Crippen LogP) is 3.17. The Balaban J connectivity index is 1.50. The molecule has 0 saturated carbocycles. The van der Waals surface area contributed by atoms with Crippen LogP contribution in [0.5, 0.6) is 0 Å². The molecule has 1 aromatic heterocycles. The van der Waals surface area contributed by atoms with Gasteiger partial charge < -0.3 is 19.0 Å². The summed E-state index contributed by atoms with van der Waals surface area (Å²) >= 11 is 0. The van der Waals surface area contributed by atoms with Crippen molar-refractivity contribution in [3.8, 4) is 0 Å². The molecule has 2 fully saturated rings. The number of hydrogen-bond donors (Lipinski definition) is 0. The first-order valence-corrected chi connectivity index (χ1v) is 16.4. The van der Waals surface area contributed by atoms with Gasteiger partial charge in [0.1, 0.15) is 22.2 Å². The summed E-state index contributed by atoms with van der Waals surface area (Å²) in [4.78, 5) is 54.4. The normalized spacial score (nSPS) is 21.9. The second kappa shape index (κ2) is 13.9. The van der Waals surface area contributed by atoms with Gasteiger partial charge in [-0.15, -0.1) is 5.06 Å². The number of fused-ring (bicyclic) bond motifs is 1. The minimum Gasteiger partial charge on any atom is -0.744 e. The lowest BCUT2D eigenvalue weighted by Gasteiger charge is -2.30. The molecule has 0 aromatic carbocycles. The van der Waals surface area contributed by atoms with E-state index in [0.29, 0.717) is 43.0 Å². The van der Waals surface area contributed by atoms with Crippen molar-refractivity contribution in [1.29, 1.82) is 0 Å². The number of hydrogen-bond acceptors (Lipinski definition) is 10. The van der Waals surface area contributed by atoms with Crippen LogP contribution in [0, 0.1) is 11.3 Å². The summed E-state index contributed by atoms with van der Waals surface area (Å²) in [6.07, 6.45) is 14.2. The van der Waals surface area contributed by atoms with Crippen LogP contribution in [0.1, 0.15) is 75.3 Å². The van der Waals surface area contributed by atoms with Crippen molar-refractivity contribution in [3.05, 3.63) is 70.6 Å². The van der Waals surface area contributed by atoms with Gasteiger partial charge in [-0.3, -0.25) is 9.59 Å². The molecule has 45 heavy (non-hydrogen) atoms. The monoisotopic (exact) mass is 641 g/mol. The molecule has 1 aliphatic carbocycles. The number of rotatable bonds is 12. The van der Waals surface area contributed by atoms with Crippen LogP contribution >= 0.6 is 0 Å². The van der Waals surface area contributed by atoms with Crippen LogP contribution in [0.4, 0.5) is 0 Å². The van der Waals surface area contributed by atoms with E-state index in [1.165, 1.54) is 13.2 Å². The van der Waals surface area contributed by atoms with Gasteiger partial charge in [0.25, 0.3) is 11.8 Å². The summed E-state index contributed by atoms with van der Waals surface area (Å²) < 4.78 is 42.3. The minimum absolute atomic E-state index is 0.0393. The molecule has 13 heteroatoms. The number of aryl methyl sites for hydroxylation is 1. The summed E-state index contributed by atoms with van der Waals surface area (Å²) in [5.41, 5.74) is 1.74. The Morgan fingerprint density at radius 2 is 1.84 bits per heavy atom. The van der Waals surface area contributed by atoms with Crippen molar-refractivity contribution in [2.24, 2.45) is 11.3 Å². The van der Waals surface area contributed by atoms with Crippen LogP contribution in [0.3, 0.4) is 0 Å². The molecule has 242 valence electrons. The number of unbranched alkanes of at least 4 members (excludes halogenated alkanes) is 2. The van der Waals surface area contributed by atoms with Crippen molar-refractivity contribution in [3.63, 3.8) is 0 Å². The zero-order valence-corrected chi connectivity index (χ0v) is 26.7. The third kappa shape index (κ3) is 7.59. The van der Waals surface area contributed by atoms with Crippen molar-refractivity contribution >= 4 is 39.9 Å². The third-order valence-corrected chi connectivity index (χ3v) is 9.29. The highest BCUT2D eigenvalue weighted by Gasteiger charge is 2.49. The molecule has 4 rings (SSSR count). The lowest BCUT2D eigenvalue weighted by atomic mass is 9.75. The largest absolute Gasteiger partial charge is 0.744 e.